The van der Waals surface area contributed by atoms with E-state index in [1.165, 1.54) is 6.66 Å². The van der Waals surface area contributed by atoms with Crippen LogP contribution in [0.4, 0.5) is 0 Å². The van der Waals surface area contributed by atoms with Crippen LogP contribution in [0.15, 0.2) is 0 Å². The minimum Gasteiger partial charge on any atom is -0.328 e. The Labute approximate surface area is 117 Å². The van der Waals surface area contributed by atoms with Crippen molar-refractivity contribution in [3.05, 3.63) is 0 Å². The van der Waals surface area contributed by atoms with Gasteiger partial charge in [-0.3, -0.25) is 9.13 Å². The van der Waals surface area contributed by atoms with Crippen molar-refractivity contribution >= 4 is 15.0 Å². The van der Waals surface area contributed by atoms with Crippen LogP contribution >= 0.6 is 15.0 Å². The molecule has 0 heterocycles. The fourth-order valence-corrected chi connectivity index (χ4v) is 8.61. The van der Waals surface area contributed by atoms with Gasteiger partial charge in [0.1, 0.15) is 4.90 Å². The van der Waals surface area contributed by atoms with Crippen LogP contribution in [-0.2, 0) is 22.7 Å². The third kappa shape index (κ3) is 3.71. The molecule has 0 spiro atoms. The molecule has 116 valence electrons. The Morgan fingerprint density at radius 2 is 1.16 bits per heavy atom. The standard InChI is InChI=1S/C12H28O5P2/c1-7-12(8-2,18(6,13)15-9-3)19(14,16-10-4)17-11-5/h7-11H2,1-6H3. The first-order chi connectivity index (χ1) is 8.80. The van der Waals surface area contributed by atoms with Crippen molar-refractivity contribution in [1.29, 1.82) is 0 Å². The van der Waals surface area contributed by atoms with Crippen LogP contribution in [-0.4, -0.2) is 31.4 Å². The van der Waals surface area contributed by atoms with Gasteiger partial charge in [0.2, 0.25) is 7.37 Å². The molecular weight excluding hydrogens is 286 g/mol. The van der Waals surface area contributed by atoms with E-state index in [0.717, 1.165) is 0 Å². The summed E-state index contributed by atoms with van der Waals surface area (Å²) < 4.78 is 42.4. The molecular formula is C12H28O5P2. The van der Waals surface area contributed by atoms with Gasteiger partial charge in [0, 0.05) is 6.66 Å². The molecule has 7 heteroatoms. The number of rotatable bonds is 10. The zero-order chi connectivity index (χ0) is 15.2. The van der Waals surface area contributed by atoms with Gasteiger partial charge in [-0.25, -0.2) is 0 Å². The van der Waals surface area contributed by atoms with Gasteiger partial charge >= 0.3 is 7.60 Å². The Morgan fingerprint density at radius 1 is 0.789 bits per heavy atom. The second kappa shape index (κ2) is 7.95. The molecule has 0 amide bonds. The van der Waals surface area contributed by atoms with Crippen molar-refractivity contribution in [3.8, 4) is 0 Å². The van der Waals surface area contributed by atoms with Crippen molar-refractivity contribution in [2.45, 2.75) is 52.4 Å². The molecule has 1 unspecified atom stereocenters. The quantitative estimate of drug-likeness (QED) is 0.546. The summed E-state index contributed by atoms with van der Waals surface area (Å²) in [6, 6.07) is 0. The van der Waals surface area contributed by atoms with Crippen LogP contribution in [0.5, 0.6) is 0 Å². The molecule has 0 aromatic rings. The van der Waals surface area contributed by atoms with Crippen molar-refractivity contribution in [2.24, 2.45) is 0 Å². The van der Waals surface area contributed by atoms with Crippen molar-refractivity contribution in [2.75, 3.05) is 26.5 Å². The SMILES string of the molecule is CCOP(C)(=O)C(CC)(CC)P(=O)(OCC)OCC. The lowest BCUT2D eigenvalue weighted by Crippen LogP contribution is -2.30. The largest absolute Gasteiger partial charge is 0.346 e. The fourth-order valence-electron chi connectivity index (χ4n) is 2.42. The molecule has 0 aliphatic heterocycles. The zero-order valence-electron chi connectivity index (χ0n) is 13.0. The summed E-state index contributed by atoms with van der Waals surface area (Å²) in [5.41, 5.74) is 0. The normalized spacial score (nSPS) is 16.3. The molecule has 0 aromatic carbocycles. The fraction of sp³-hybridized carbons (Fsp3) is 1.00. The maximum Gasteiger partial charge on any atom is 0.346 e. The Hall–Kier alpha value is 0.340. The Bertz CT molecular complexity index is 342. The van der Waals surface area contributed by atoms with Crippen LogP contribution in [0.3, 0.4) is 0 Å². The van der Waals surface area contributed by atoms with Crippen molar-refractivity contribution < 1.29 is 22.7 Å². The highest BCUT2D eigenvalue weighted by Crippen LogP contribution is 2.78. The van der Waals surface area contributed by atoms with E-state index in [0.29, 0.717) is 19.4 Å². The lowest BCUT2D eigenvalue weighted by Gasteiger charge is -2.40. The van der Waals surface area contributed by atoms with Gasteiger partial charge in [-0.1, -0.05) is 13.8 Å². The van der Waals surface area contributed by atoms with Gasteiger partial charge in [-0.05, 0) is 33.6 Å². The molecule has 0 aromatic heterocycles. The average molecular weight is 314 g/mol. The van der Waals surface area contributed by atoms with Crippen molar-refractivity contribution in [1.82, 2.24) is 0 Å². The molecule has 0 fully saturated rings. The average Bonchev–Trinajstić information content (AvgIpc) is 2.31. The Balaban J connectivity index is 5.84. The van der Waals surface area contributed by atoms with E-state index in [1.807, 2.05) is 13.8 Å². The summed E-state index contributed by atoms with van der Waals surface area (Å²) in [6.45, 7) is 11.3. The van der Waals surface area contributed by atoms with E-state index in [1.54, 1.807) is 20.8 Å². The monoisotopic (exact) mass is 314 g/mol. The van der Waals surface area contributed by atoms with Gasteiger partial charge in [-0.2, -0.15) is 0 Å². The first kappa shape index (κ1) is 19.3. The molecule has 0 N–H and O–H groups in total. The summed E-state index contributed by atoms with van der Waals surface area (Å²) in [7, 11) is -6.63. The maximum atomic E-state index is 13.1. The highest BCUT2D eigenvalue weighted by atomic mass is 31.2. The molecule has 0 saturated heterocycles. The minimum atomic E-state index is -3.50. The van der Waals surface area contributed by atoms with Crippen LogP contribution in [0.1, 0.15) is 47.5 Å². The molecule has 0 rings (SSSR count). The van der Waals surface area contributed by atoms with Crippen LogP contribution < -0.4 is 0 Å². The summed E-state index contributed by atoms with van der Waals surface area (Å²) in [6.07, 6.45) is 0.850. The molecule has 0 aliphatic rings. The van der Waals surface area contributed by atoms with Gasteiger partial charge in [0.15, 0.2) is 0 Å². The zero-order valence-corrected chi connectivity index (χ0v) is 14.8. The van der Waals surface area contributed by atoms with E-state index in [9.17, 15) is 9.13 Å². The van der Waals surface area contributed by atoms with Crippen LogP contribution in [0, 0.1) is 0 Å². The van der Waals surface area contributed by atoms with Gasteiger partial charge in [0.25, 0.3) is 0 Å². The van der Waals surface area contributed by atoms with E-state index in [4.69, 9.17) is 13.6 Å². The first-order valence-corrected chi connectivity index (χ1v) is 10.5. The first-order valence-electron chi connectivity index (χ1n) is 6.92. The van der Waals surface area contributed by atoms with Crippen LogP contribution in [0.2, 0.25) is 0 Å². The summed E-state index contributed by atoms with van der Waals surface area (Å²) >= 11 is 0. The highest BCUT2D eigenvalue weighted by molar-refractivity contribution is 7.76. The second-order valence-corrected chi connectivity index (χ2v) is 9.81. The Kier molecular flexibility index (Phi) is 8.09. The van der Waals surface area contributed by atoms with Gasteiger partial charge in [0.05, 0.1) is 19.8 Å². The van der Waals surface area contributed by atoms with Gasteiger partial charge in [-0.15, -0.1) is 0 Å². The molecule has 1 atom stereocenters. The second-order valence-electron chi connectivity index (χ2n) is 4.29. The molecule has 19 heavy (non-hydrogen) atoms. The van der Waals surface area contributed by atoms with E-state index < -0.39 is 19.9 Å². The number of hydrogen-bond acceptors (Lipinski definition) is 5. The Morgan fingerprint density at radius 3 is 1.42 bits per heavy atom. The highest BCUT2D eigenvalue weighted by Gasteiger charge is 2.59. The van der Waals surface area contributed by atoms with E-state index in [2.05, 4.69) is 0 Å². The maximum absolute atomic E-state index is 13.1. The topological polar surface area (TPSA) is 61.8 Å². The number of hydrogen-bond donors (Lipinski definition) is 0. The third-order valence-electron chi connectivity index (χ3n) is 3.37. The summed E-state index contributed by atoms with van der Waals surface area (Å²) in [5, 5.41) is 0. The smallest absolute Gasteiger partial charge is 0.328 e. The summed E-state index contributed by atoms with van der Waals surface area (Å²) in [5.74, 6) is 0. The van der Waals surface area contributed by atoms with Crippen LogP contribution in [0.25, 0.3) is 0 Å². The minimum absolute atomic E-state index is 0.255. The summed E-state index contributed by atoms with van der Waals surface area (Å²) in [4.78, 5) is -1.07. The van der Waals surface area contributed by atoms with E-state index >= 15 is 0 Å². The molecule has 0 radical (unpaired) electrons. The molecule has 0 bridgehead atoms. The van der Waals surface area contributed by atoms with Gasteiger partial charge < -0.3 is 13.6 Å². The lowest BCUT2D eigenvalue weighted by atomic mass is 10.2. The lowest BCUT2D eigenvalue weighted by molar-refractivity contribution is 0.199. The molecule has 5 nitrogen and oxygen atoms in total. The predicted octanol–water partition coefficient (Wildman–Crippen LogP) is 4.71. The third-order valence-corrected chi connectivity index (χ3v) is 10.9. The predicted molar refractivity (Wildman–Crippen MR) is 79.3 cm³/mol. The van der Waals surface area contributed by atoms with E-state index in [-0.39, 0.29) is 13.2 Å². The van der Waals surface area contributed by atoms with Crippen molar-refractivity contribution in [3.63, 3.8) is 0 Å². The molecule has 0 saturated carbocycles. The molecule has 0 aliphatic carbocycles.